The van der Waals surface area contributed by atoms with Crippen LogP contribution in [0.4, 0.5) is 14.5 Å². The molecule has 0 fully saturated rings. The minimum atomic E-state index is -2.99. The van der Waals surface area contributed by atoms with Gasteiger partial charge in [0.1, 0.15) is 11.5 Å². The lowest BCUT2D eigenvalue weighted by molar-refractivity contribution is -0.113. The van der Waals surface area contributed by atoms with Crippen molar-refractivity contribution in [2.24, 2.45) is 0 Å². The third-order valence-electron chi connectivity index (χ3n) is 4.71. The molecule has 170 valence electrons. The molecule has 4 rings (SSSR count). The third kappa shape index (κ3) is 5.58. The number of benzene rings is 2. The molecule has 2 aromatic heterocycles. The summed E-state index contributed by atoms with van der Waals surface area (Å²) in [7, 11) is 0. The molecule has 0 unspecified atom stereocenters. The molecular weight excluding hydrogens is 450 g/mol. The number of nitrogens with zero attached hydrogens (tertiary/aromatic N) is 3. The van der Waals surface area contributed by atoms with Gasteiger partial charge in [0.05, 0.1) is 29.8 Å². The van der Waals surface area contributed by atoms with Crippen LogP contribution in [0, 0.1) is 6.92 Å². The molecule has 0 bridgehead atoms. The molecular formula is C23H20F2N4O3S. The lowest BCUT2D eigenvalue weighted by atomic mass is 10.2. The molecule has 10 heteroatoms. The molecule has 0 radical (unpaired) electrons. The first-order chi connectivity index (χ1) is 16.0. The summed E-state index contributed by atoms with van der Waals surface area (Å²) in [6, 6.07) is 17.7. The van der Waals surface area contributed by atoms with Gasteiger partial charge in [0.25, 0.3) is 0 Å². The summed E-state index contributed by atoms with van der Waals surface area (Å²) in [6.45, 7) is -0.641. The number of hydrogen-bond acceptors (Lipinski definition) is 6. The molecule has 0 saturated heterocycles. The first-order valence-electron chi connectivity index (χ1n) is 9.99. The fraction of sp³-hybridized carbons (Fsp3) is 0.174. The van der Waals surface area contributed by atoms with Gasteiger partial charge in [-0.15, -0.1) is 10.2 Å². The zero-order chi connectivity index (χ0) is 23.2. The highest BCUT2D eigenvalue weighted by atomic mass is 32.2. The highest BCUT2D eigenvalue weighted by Gasteiger charge is 2.19. The van der Waals surface area contributed by atoms with E-state index in [4.69, 9.17) is 4.42 Å². The average molecular weight is 471 g/mol. The third-order valence-corrected chi connectivity index (χ3v) is 5.68. The van der Waals surface area contributed by atoms with Gasteiger partial charge in [-0.25, -0.2) is 0 Å². The minimum absolute atomic E-state index is 0.000303. The smallest absolute Gasteiger partial charge is 0.387 e. The summed E-state index contributed by atoms with van der Waals surface area (Å²) in [6.07, 6.45) is 1.59. The van der Waals surface area contributed by atoms with Crippen LogP contribution in [0.5, 0.6) is 5.75 Å². The van der Waals surface area contributed by atoms with Gasteiger partial charge in [-0.05, 0) is 30.7 Å². The summed E-state index contributed by atoms with van der Waals surface area (Å²) in [4.78, 5) is 12.5. The normalized spacial score (nSPS) is 11.0. The highest BCUT2D eigenvalue weighted by molar-refractivity contribution is 7.99. The fourth-order valence-electron chi connectivity index (χ4n) is 3.21. The van der Waals surface area contributed by atoms with Crippen LogP contribution >= 0.6 is 11.8 Å². The van der Waals surface area contributed by atoms with E-state index in [1.165, 1.54) is 23.9 Å². The average Bonchev–Trinajstić information content (AvgIpc) is 3.39. The van der Waals surface area contributed by atoms with E-state index in [1.54, 1.807) is 18.4 Å². The van der Waals surface area contributed by atoms with Crippen molar-refractivity contribution in [3.8, 4) is 17.1 Å². The standard InChI is InChI=1S/C23H20F2N4O3S/c1-15-17(11-12-31-15)21-27-28-23(29(21)13-16-7-3-2-4-8-16)33-14-20(30)26-18-9-5-6-10-19(18)32-22(24)25/h2-12,22H,13-14H2,1H3,(H,26,30). The number of hydrogen-bond donors (Lipinski definition) is 1. The van der Waals surface area contributed by atoms with Crippen molar-refractivity contribution >= 4 is 23.4 Å². The summed E-state index contributed by atoms with van der Waals surface area (Å²) in [5.41, 5.74) is 2.03. The Bertz CT molecular complexity index is 1230. The molecule has 0 aliphatic carbocycles. The summed E-state index contributed by atoms with van der Waals surface area (Å²) >= 11 is 1.20. The number of thioether (sulfide) groups is 1. The molecule has 0 aliphatic rings. The molecule has 0 aliphatic heterocycles. The summed E-state index contributed by atoms with van der Waals surface area (Å²) < 4.78 is 37.0. The number of furan rings is 1. The Balaban J connectivity index is 1.52. The number of rotatable bonds is 9. The number of aryl methyl sites for hydroxylation is 1. The number of nitrogens with one attached hydrogen (secondary N) is 1. The topological polar surface area (TPSA) is 82.2 Å². The molecule has 4 aromatic rings. The number of anilines is 1. The maximum atomic E-state index is 12.6. The van der Waals surface area contributed by atoms with Crippen LogP contribution in [0.1, 0.15) is 11.3 Å². The number of carbonyl (C=O) groups excluding carboxylic acids is 1. The van der Waals surface area contributed by atoms with Crippen LogP contribution in [0.2, 0.25) is 0 Å². The molecule has 0 spiro atoms. The molecule has 2 aromatic carbocycles. The molecule has 1 N–H and O–H groups in total. The van der Waals surface area contributed by atoms with Gasteiger partial charge in [-0.3, -0.25) is 9.36 Å². The van der Waals surface area contributed by atoms with Crippen LogP contribution in [-0.2, 0) is 11.3 Å². The Labute approximate surface area is 192 Å². The van der Waals surface area contributed by atoms with Crippen molar-refractivity contribution < 1.29 is 22.7 Å². The Morgan fingerprint density at radius 3 is 2.61 bits per heavy atom. The Kier molecular flexibility index (Phi) is 7.04. The maximum Gasteiger partial charge on any atom is 0.387 e. The molecule has 0 saturated carbocycles. The Morgan fingerprint density at radius 2 is 1.88 bits per heavy atom. The zero-order valence-electron chi connectivity index (χ0n) is 17.6. The quantitative estimate of drug-likeness (QED) is 0.338. The van der Waals surface area contributed by atoms with E-state index in [1.807, 2.05) is 47.9 Å². The van der Waals surface area contributed by atoms with Crippen molar-refractivity contribution in [3.63, 3.8) is 0 Å². The van der Waals surface area contributed by atoms with E-state index >= 15 is 0 Å². The predicted octanol–water partition coefficient (Wildman–Crippen LogP) is 5.23. The number of aromatic nitrogens is 3. The number of ether oxygens (including phenoxy) is 1. The second-order valence-electron chi connectivity index (χ2n) is 6.98. The van der Waals surface area contributed by atoms with Crippen LogP contribution in [-0.4, -0.2) is 33.0 Å². The van der Waals surface area contributed by atoms with E-state index < -0.39 is 6.61 Å². The number of alkyl halides is 2. The molecule has 2 heterocycles. The van der Waals surface area contributed by atoms with E-state index in [0.29, 0.717) is 23.3 Å². The van der Waals surface area contributed by atoms with Crippen LogP contribution in [0.25, 0.3) is 11.4 Å². The highest BCUT2D eigenvalue weighted by Crippen LogP contribution is 2.29. The molecule has 33 heavy (non-hydrogen) atoms. The monoisotopic (exact) mass is 470 g/mol. The maximum absolute atomic E-state index is 12.6. The molecule has 0 atom stereocenters. The SMILES string of the molecule is Cc1occc1-c1nnc(SCC(=O)Nc2ccccc2OC(F)F)n1Cc1ccccc1. The van der Waals surface area contributed by atoms with E-state index in [2.05, 4.69) is 20.3 Å². The summed E-state index contributed by atoms with van der Waals surface area (Å²) in [5.74, 6) is 0.849. The first kappa shape index (κ1) is 22.5. The second-order valence-corrected chi connectivity index (χ2v) is 7.92. The number of para-hydroxylation sites is 2. The van der Waals surface area contributed by atoms with E-state index in [9.17, 15) is 13.6 Å². The Morgan fingerprint density at radius 1 is 1.12 bits per heavy atom. The van der Waals surface area contributed by atoms with Crippen LogP contribution in [0.3, 0.4) is 0 Å². The second kappa shape index (κ2) is 10.3. The van der Waals surface area contributed by atoms with Gasteiger partial charge in [0.2, 0.25) is 5.91 Å². The van der Waals surface area contributed by atoms with Gasteiger partial charge < -0.3 is 14.5 Å². The first-order valence-corrected chi connectivity index (χ1v) is 11.0. The fourth-order valence-corrected chi connectivity index (χ4v) is 3.94. The number of carbonyl (C=O) groups is 1. The largest absolute Gasteiger partial charge is 0.469 e. The van der Waals surface area contributed by atoms with E-state index in [0.717, 1.165) is 11.1 Å². The van der Waals surface area contributed by atoms with Gasteiger partial charge in [-0.2, -0.15) is 8.78 Å². The van der Waals surface area contributed by atoms with Gasteiger partial charge >= 0.3 is 6.61 Å². The van der Waals surface area contributed by atoms with Gasteiger partial charge in [-0.1, -0.05) is 54.2 Å². The van der Waals surface area contributed by atoms with Crippen molar-refractivity contribution in [1.82, 2.24) is 14.8 Å². The Hall–Kier alpha value is -3.66. The van der Waals surface area contributed by atoms with Crippen molar-refractivity contribution in [3.05, 3.63) is 78.3 Å². The van der Waals surface area contributed by atoms with Crippen molar-refractivity contribution in [1.29, 1.82) is 0 Å². The summed E-state index contributed by atoms with van der Waals surface area (Å²) in [5, 5.41) is 11.7. The number of halogens is 2. The van der Waals surface area contributed by atoms with Gasteiger partial charge in [0, 0.05) is 0 Å². The van der Waals surface area contributed by atoms with E-state index in [-0.39, 0.29) is 23.1 Å². The molecule has 1 amide bonds. The van der Waals surface area contributed by atoms with Crippen LogP contribution < -0.4 is 10.1 Å². The van der Waals surface area contributed by atoms with Crippen molar-refractivity contribution in [2.45, 2.75) is 25.2 Å². The molecule has 7 nitrogen and oxygen atoms in total. The van der Waals surface area contributed by atoms with Crippen LogP contribution in [0.15, 0.2) is 76.5 Å². The van der Waals surface area contributed by atoms with Crippen molar-refractivity contribution in [2.75, 3.05) is 11.1 Å². The lowest BCUT2D eigenvalue weighted by Crippen LogP contribution is -2.16. The lowest BCUT2D eigenvalue weighted by Gasteiger charge is -2.12. The minimum Gasteiger partial charge on any atom is -0.469 e. The number of amides is 1. The van der Waals surface area contributed by atoms with Gasteiger partial charge in [0.15, 0.2) is 11.0 Å². The zero-order valence-corrected chi connectivity index (χ0v) is 18.4. The predicted molar refractivity (Wildman–Crippen MR) is 120 cm³/mol.